The van der Waals surface area contributed by atoms with E-state index in [0.717, 1.165) is 0 Å². The molecule has 0 fully saturated rings. The topological polar surface area (TPSA) is 25.8 Å². The Morgan fingerprint density at radius 1 is 1.33 bits per heavy atom. The van der Waals surface area contributed by atoms with Crippen molar-refractivity contribution in [3.8, 4) is 0 Å². The van der Waals surface area contributed by atoms with Gasteiger partial charge in [-0.3, -0.25) is 0 Å². The standard InChI is InChI=1S/C6H8N2S/c1-3-4(2)6-5(3)7-8-9-6/h3-4H,1-2H3/t3-,4?/m0/s1. The van der Waals surface area contributed by atoms with Crippen LogP contribution in [0.4, 0.5) is 0 Å². The Hall–Kier alpha value is -0.440. The second-order valence-electron chi connectivity index (χ2n) is 2.60. The van der Waals surface area contributed by atoms with Gasteiger partial charge < -0.3 is 0 Å². The van der Waals surface area contributed by atoms with Crippen molar-refractivity contribution in [1.82, 2.24) is 9.59 Å². The second-order valence-corrected chi connectivity index (χ2v) is 3.39. The highest BCUT2D eigenvalue weighted by Crippen LogP contribution is 2.46. The summed E-state index contributed by atoms with van der Waals surface area (Å²) in [6.45, 7) is 4.43. The van der Waals surface area contributed by atoms with E-state index in [4.69, 9.17) is 0 Å². The quantitative estimate of drug-likeness (QED) is 0.548. The number of nitrogens with zero attached hydrogens (tertiary/aromatic N) is 2. The summed E-state index contributed by atoms with van der Waals surface area (Å²) < 4.78 is 3.88. The zero-order valence-corrected chi connectivity index (χ0v) is 6.27. The maximum atomic E-state index is 4.00. The predicted molar refractivity (Wildman–Crippen MR) is 36.7 cm³/mol. The van der Waals surface area contributed by atoms with Gasteiger partial charge in [0, 0.05) is 11.8 Å². The number of aromatic nitrogens is 2. The fourth-order valence-electron chi connectivity index (χ4n) is 1.20. The van der Waals surface area contributed by atoms with E-state index in [0.29, 0.717) is 11.8 Å². The van der Waals surface area contributed by atoms with Crippen molar-refractivity contribution in [2.45, 2.75) is 25.7 Å². The molecule has 1 aromatic heterocycles. The summed E-state index contributed by atoms with van der Waals surface area (Å²) in [5.41, 5.74) is 1.23. The Morgan fingerprint density at radius 3 is 2.78 bits per heavy atom. The van der Waals surface area contributed by atoms with Crippen LogP contribution in [0.1, 0.15) is 36.3 Å². The van der Waals surface area contributed by atoms with Gasteiger partial charge in [-0.25, -0.2) is 0 Å². The van der Waals surface area contributed by atoms with Crippen molar-refractivity contribution in [3.63, 3.8) is 0 Å². The fourth-order valence-corrected chi connectivity index (χ4v) is 2.11. The van der Waals surface area contributed by atoms with Gasteiger partial charge in [-0.2, -0.15) is 0 Å². The van der Waals surface area contributed by atoms with E-state index in [1.807, 2.05) is 0 Å². The van der Waals surface area contributed by atoms with Gasteiger partial charge in [-0.1, -0.05) is 18.3 Å². The molecular formula is C6H8N2S. The van der Waals surface area contributed by atoms with Gasteiger partial charge >= 0.3 is 0 Å². The van der Waals surface area contributed by atoms with Crippen LogP contribution in [-0.4, -0.2) is 9.59 Å². The van der Waals surface area contributed by atoms with Crippen LogP contribution in [-0.2, 0) is 0 Å². The first-order valence-corrected chi connectivity index (χ1v) is 3.90. The van der Waals surface area contributed by atoms with E-state index in [9.17, 15) is 0 Å². The number of fused-ring (bicyclic) bond motifs is 1. The molecule has 2 rings (SSSR count). The summed E-state index contributed by atoms with van der Waals surface area (Å²) in [4.78, 5) is 1.39. The molecule has 0 radical (unpaired) electrons. The molecule has 1 aromatic rings. The minimum Gasteiger partial charge on any atom is -0.143 e. The average molecular weight is 140 g/mol. The molecule has 3 heteroatoms. The highest BCUT2D eigenvalue weighted by molar-refractivity contribution is 7.06. The van der Waals surface area contributed by atoms with Crippen LogP contribution < -0.4 is 0 Å². The first-order valence-electron chi connectivity index (χ1n) is 3.13. The molecule has 9 heavy (non-hydrogen) atoms. The molecule has 0 aliphatic heterocycles. The first-order chi connectivity index (χ1) is 4.30. The summed E-state index contributed by atoms with van der Waals surface area (Å²) >= 11 is 1.54. The van der Waals surface area contributed by atoms with Gasteiger partial charge in [-0.05, 0) is 11.5 Å². The lowest BCUT2D eigenvalue weighted by atomic mass is 9.79. The van der Waals surface area contributed by atoms with Gasteiger partial charge in [0.05, 0.1) is 10.6 Å². The van der Waals surface area contributed by atoms with Crippen molar-refractivity contribution < 1.29 is 0 Å². The Bertz CT molecular complexity index is 208. The van der Waals surface area contributed by atoms with Gasteiger partial charge in [0.15, 0.2) is 0 Å². The van der Waals surface area contributed by atoms with E-state index in [1.54, 1.807) is 11.5 Å². The van der Waals surface area contributed by atoms with Crippen molar-refractivity contribution in [2.75, 3.05) is 0 Å². The largest absolute Gasteiger partial charge is 0.143 e. The maximum absolute atomic E-state index is 4.00. The Balaban J connectivity index is 2.50. The molecule has 0 saturated heterocycles. The molecular weight excluding hydrogens is 132 g/mol. The van der Waals surface area contributed by atoms with Crippen molar-refractivity contribution in [3.05, 3.63) is 10.6 Å². The molecule has 0 spiro atoms. The zero-order chi connectivity index (χ0) is 6.43. The minimum absolute atomic E-state index is 0.652. The van der Waals surface area contributed by atoms with E-state index < -0.39 is 0 Å². The molecule has 0 amide bonds. The van der Waals surface area contributed by atoms with Crippen LogP contribution in [0.5, 0.6) is 0 Å². The van der Waals surface area contributed by atoms with Gasteiger partial charge in [0.1, 0.15) is 0 Å². The van der Waals surface area contributed by atoms with Gasteiger partial charge in [-0.15, -0.1) is 5.10 Å². The Kier molecular flexibility index (Phi) is 0.913. The molecule has 1 heterocycles. The van der Waals surface area contributed by atoms with Crippen LogP contribution in [0.15, 0.2) is 0 Å². The number of rotatable bonds is 0. The third kappa shape index (κ3) is 0.503. The second kappa shape index (κ2) is 1.53. The smallest absolute Gasteiger partial charge is 0.0824 e. The van der Waals surface area contributed by atoms with Crippen molar-refractivity contribution in [1.29, 1.82) is 0 Å². The van der Waals surface area contributed by atoms with Crippen LogP contribution in [0.3, 0.4) is 0 Å². The van der Waals surface area contributed by atoms with E-state index in [-0.39, 0.29) is 0 Å². The van der Waals surface area contributed by atoms with Gasteiger partial charge in [0.2, 0.25) is 0 Å². The lowest BCUT2D eigenvalue weighted by Crippen LogP contribution is -2.16. The maximum Gasteiger partial charge on any atom is 0.0824 e. The minimum atomic E-state index is 0.652. The number of hydrogen-bond acceptors (Lipinski definition) is 3. The lowest BCUT2D eigenvalue weighted by Gasteiger charge is -2.27. The monoisotopic (exact) mass is 140 g/mol. The lowest BCUT2D eigenvalue weighted by molar-refractivity contribution is 0.536. The summed E-state index contributed by atoms with van der Waals surface area (Å²) in [6, 6.07) is 0. The molecule has 1 aliphatic rings. The normalized spacial score (nSPS) is 31.3. The molecule has 0 bridgehead atoms. The molecule has 2 atom stereocenters. The zero-order valence-electron chi connectivity index (χ0n) is 5.46. The summed E-state index contributed by atoms with van der Waals surface area (Å²) in [5.74, 6) is 1.36. The van der Waals surface area contributed by atoms with Crippen LogP contribution >= 0.6 is 11.5 Å². The van der Waals surface area contributed by atoms with E-state index in [1.165, 1.54) is 10.6 Å². The summed E-state index contributed by atoms with van der Waals surface area (Å²) in [6.07, 6.45) is 0. The molecule has 2 nitrogen and oxygen atoms in total. The van der Waals surface area contributed by atoms with Gasteiger partial charge in [0.25, 0.3) is 0 Å². The van der Waals surface area contributed by atoms with Crippen LogP contribution in [0.25, 0.3) is 0 Å². The third-order valence-corrected chi connectivity index (χ3v) is 3.08. The SMILES string of the molecule is CC1c2snnc2[C@H]1C. The summed E-state index contributed by atoms with van der Waals surface area (Å²) in [5, 5.41) is 4.00. The predicted octanol–water partition coefficient (Wildman–Crippen LogP) is 1.76. The van der Waals surface area contributed by atoms with E-state index in [2.05, 4.69) is 23.4 Å². The molecule has 0 N–H and O–H groups in total. The molecule has 0 saturated carbocycles. The average Bonchev–Trinajstić information content (AvgIpc) is 2.30. The Morgan fingerprint density at radius 2 is 2.11 bits per heavy atom. The third-order valence-electron chi connectivity index (χ3n) is 2.14. The molecule has 0 aromatic carbocycles. The van der Waals surface area contributed by atoms with Crippen molar-refractivity contribution in [2.24, 2.45) is 0 Å². The highest BCUT2D eigenvalue weighted by atomic mass is 32.1. The van der Waals surface area contributed by atoms with Crippen LogP contribution in [0, 0.1) is 0 Å². The fraction of sp³-hybridized carbons (Fsp3) is 0.667. The molecule has 1 aliphatic carbocycles. The number of hydrogen-bond donors (Lipinski definition) is 0. The van der Waals surface area contributed by atoms with E-state index >= 15 is 0 Å². The van der Waals surface area contributed by atoms with Crippen LogP contribution in [0.2, 0.25) is 0 Å². The highest BCUT2D eigenvalue weighted by Gasteiger charge is 2.34. The first kappa shape index (κ1) is 5.35. The Labute approximate surface area is 58.1 Å². The molecule has 48 valence electrons. The summed E-state index contributed by atoms with van der Waals surface area (Å²) in [7, 11) is 0. The molecule has 1 unspecified atom stereocenters. The van der Waals surface area contributed by atoms with Crippen molar-refractivity contribution >= 4 is 11.5 Å².